The number of nitrogens with zero attached hydrogens (tertiary/aromatic N) is 2. The van der Waals surface area contributed by atoms with Crippen LogP contribution in [0.15, 0.2) is 36.4 Å². The van der Waals surface area contributed by atoms with E-state index in [9.17, 15) is 0 Å². The molecule has 1 heterocycles. The van der Waals surface area contributed by atoms with Crippen LogP contribution in [0.3, 0.4) is 0 Å². The van der Waals surface area contributed by atoms with Crippen molar-refractivity contribution in [3.8, 4) is 5.75 Å². The zero-order valence-electron chi connectivity index (χ0n) is 13.3. The van der Waals surface area contributed by atoms with Crippen molar-refractivity contribution in [3.63, 3.8) is 0 Å². The highest BCUT2D eigenvalue weighted by molar-refractivity contribution is 5.58. The van der Waals surface area contributed by atoms with Gasteiger partial charge in [-0.1, -0.05) is 25.6 Å². The highest BCUT2D eigenvalue weighted by Gasteiger charge is 2.19. The van der Waals surface area contributed by atoms with Crippen LogP contribution in [0.1, 0.15) is 6.92 Å². The van der Waals surface area contributed by atoms with E-state index in [0.29, 0.717) is 0 Å². The van der Waals surface area contributed by atoms with Gasteiger partial charge in [0.15, 0.2) is 0 Å². The van der Waals surface area contributed by atoms with Crippen LogP contribution in [0.5, 0.6) is 5.75 Å². The molecule has 116 valence electrons. The van der Waals surface area contributed by atoms with Crippen molar-refractivity contribution in [2.24, 2.45) is 0 Å². The predicted molar refractivity (Wildman–Crippen MR) is 89.3 cm³/mol. The number of piperazine rings is 1. The first-order valence-corrected chi connectivity index (χ1v) is 7.72. The minimum atomic E-state index is 0.920. The van der Waals surface area contributed by atoms with Crippen LogP contribution in [0.4, 0.5) is 5.69 Å². The van der Waals surface area contributed by atoms with Crippen molar-refractivity contribution in [2.45, 2.75) is 6.92 Å². The van der Waals surface area contributed by atoms with E-state index in [1.807, 2.05) is 12.1 Å². The Bertz CT molecular complexity index is 453. The van der Waals surface area contributed by atoms with E-state index >= 15 is 0 Å². The lowest BCUT2D eigenvalue weighted by atomic mass is 10.2. The smallest absolute Gasteiger partial charge is 0.142 e. The van der Waals surface area contributed by atoms with Crippen molar-refractivity contribution < 1.29 is 4.74 Å². The fourth-order valence-electron chi connectivity index (χ4n) is 2.71. The summed E-state index contributed by atoms with van der Waals surface area (Å²) in [4.78, 5) is 4.88. The minimum Gasteiger partial charge on any atom is -0.495 e. The van der Waals surface area contributed by atoms with E-state index in [4.69, 9.17) is 4.74 Å². The summed E-state index contributed by atoms with van der Waals surface area (Å²) in [5.74, 6) is 0.961. The Balaban J connectivity index is 1.84. The van der Waals surface area contributed by atoms with Crippen molar-refractivity contribution >= 4 is 5.69 Å². The molecule has 0 spiro atoms. The molecule has 2 rings (SSSR count). The Hall–Kier alpha value is -1.52. The molecule has 21 heavy (non-hydrogen) atoms. The SMILES string of the molecule is C=C(CNCC)CN1CCN(c2ccccc2OC)CC1. The lowest BCUT2D eigenvalue weighted by molar-refractivity contribution is 0.275. The zero-order chi connectivity index (χ0) is 15.1. The molecule has 1 aliphatic heterocycles. The molecule has 0 atom stereocenters. The monoisotopic (exact) mass is 289 g/mol. The molecule has 1 aromatic carbocycles. The summed E-state index contributed by atoms with van der Waals surface area (Å²) >= 11 is 0. The number of para-hydroxylation sites is 2. The van der Waals surface area contributed by atoms with Gasteiger partial charge in [-0.25, -0.2) is 0 Å². The largest absolute Gasteiger partial charge is 0.495 e. The lowest BCUT2D eigenvalue weighted by Gasteiger charge is -2.36. The van der Waals surface area contributed by atoms with E-state index in [2.05, 4.69) is 40.8 Å². The van der Waals surface area contributed by atoms with Gasteiger partial charge in [-0.15, -0.1) is 0 Å². The first-order valence-electron chi connectivity index (χ1n) is 7.72. The van der Waals surface area contributed by atoms with Gasteiger partial charge in [-0.3, -0.25) is 4.90 Å². The third-order valence-corrected chi connectivity index (χ3v) is 3.87. The Morgan fingerprint density at radius 1 is 1.24 bits per heavy atom. The molecule has 1 fully saturated rings. The van der Waals surface area contributed by atoms with Gasteiger partial charge in [-0.05, 0) is 24.3 Å². The molecule has 1 aliphatic rings. The summed E-state index contributed by atoms with van der Waals surface area (Å²) in [5.41, 5.74) is 2.47. The van der Waals surface area contributed by atoms with Crippen LogP contribution in [0.25, 0.3) is 0 Å². The standard InChI is InChI=1S/C17H27N3O/c1-4-18-13-15(2)14-19-9-11-20(12-10-19)16-7-5-6-8-17(16)21-3/h5-8,18H,2,4,9-14H2,1,3H3. The van der Waals surface area contributed by atoms with Crippen molar-refractivity contribution in [1.29, 1.82) is 0 Å². The summed E-state index contributed by atoms with van der Waals surface area (Å²) in [5, 5.41) is 3.33. The molecule has 0 unspecified atom stereocenters. The molecule has 0 radical (unpaired) electrons. The molecular formula is C17H27N3O. The average Bonchev–Trinajstić information content (AvgIpc) is 2.53. The number of methoxy groups -OCH3 is 1. The number of anilines is 1. The molecule has 1 saturated heterocycles. The molecular weight excluding hydrogens is 262 g/mol. The van der Waals surface area contributed by atoms with Gasteiger partial charge in [0.2, 0.25) is 0 Å². The molecule has 0 saturated carbocycles. The number of hydrogen-bond donors (Lipinski definition) is 1. The number of benzene rings is 1. The van der Waals surface area contributed by atoms with Gasteiger partial charge >= 0.3 is 0 Å². The van der Waals surface area contributed by atoms with Crippen LogP contribution in [-0.2, 0) is 0 Å². The second-order valence-electron chi connectivity index (χ2n) is 5.47. The van der Waals surface area contributed by atoms with Crippen LogP contribution >= 0.6 is 0 Å². The van der Waals surface area contributed by atoms with E-state index in [-0.39, 0.29) is 0 Å². The maximum atomic E-state index is 5.46. The molecule has 0 bridgehead atoms. The Morgan fingerprint density at radius 3 is 2.62 bits per heavy atom. The maximum Gasteiger partial charge on any atom is 0.142 e. The summed E-state index contributed by atoms with van der Waals surface area (Å²) in [6.45, 7) is 13.4. The van der Waals surface area contributed by atoms with Crippen LogP contribution < -0.4 is 15.0 Å². The Kier molecular flexibility index (Phi) is 6.08. The highest BCUT2D eigenvalue weighted by atomic mass is 16.5. The van der Waals surface area contributed by atoms with Crippen LogP contribution in [0.2, 0.25) is 0 Å². The van der Waals surface area contributed by atoms with Crippen LogP contribution in [0, 0.1) is 0 Å². The minimum absolute atomic E-state index is 0.920. The summed E-state index contributed by atoms with van der Waals surface area (Å²) in [7, 11) is 1.74. The number of ether oxygens (including phenoxy) is 1. The number of hydrogen-bond acceptors (Lipinski definition) is 4. The molecule has 0 aliphatic carbocycles. The molecule has 4 nitrogen and oxygen atoms in total. The number of rotatable bonds is 7. The average molecular weight is 289 g/mol. The second-order valence-corrected chi connectivity index (χ2v) is 5.47. The third-order valence-electron chi connectivity index (χ3n) is 3.87. The van der Waals surface area contributed by atoms with Gasteiger partial charge in [0.1, 0.15) is 5.75 Å². The molecule has 1 N–H and O–H groups in total. The molecule has 0 amide bonds. The van der Waals surface area contributed by atoms with Gasteiger partial charge in [0.05, 0.1) is 12.8 Å². The summed E-state index contributed by atoms with van der Waals surface area (Å²) in [6, 6.07) is 8.25. The Labute approximate surface area is 128 Å². The fourth-order valence-corrected chi connectivity index (χ4v) is 2.71. The van der Waals surface area contributed by atoms with Gasteiger partial charge in [0, 0.05) is 39.3 Å². The topological polar surface area (TPSA) is 27.7 Å². The lowest BCUT2D eigenvalue weighted by Crippen LogP contribution is -2.47. The van der Waals surface area contributed by atoms with Gasteiger partial charge in [-0.2, -0.15) is 0 Å². The fraction of sp³-hybridized carbons (Fsp3) is 0.529. The van der Waals surface area contributed by atoms with Crippen molar-refractivity contribution in [1.82, 2.24) is 10.2 Å². The van der Waals surface area contributed by atoms with Crippen LogP contribution in [-0.4, -0.2) is 57.8 Å². The molecule has 1 aromatic rings. The Morgan fingerprint density at radius 2 is 1.95 bits per heavy atom. The zero-order valence-corrected chi connectivity index (χ0v) is 13.3. The molecule has 4 heteroatoms. The van der Waals surface area contributed by atoms with Crippen molar-refractivity contribution in [2.75, 3.05) is 57.8 Å². The predicted octanol–water partition coefficient (Wildman–Crippen LogP) is 1.98. The van der Waals surface area contributed by atoms with E-state index in [1.165, 1.54) is 11.3 Å². The second kappa shape index (κ2) is 8.05. The first-order chi connectivity index (χ1) is 10.2. The number of nitrogens with one attached hydrogen (secondary N) is 1. The maximum absolute atomic E-state index is 5.46. The first kappa shape index (κ1) is 15.9. The van der Waals surface area contributed by atoms with Gasteiger partial charge in [0.25, 0.3) is 0 Å². The highest BCUT2D eigenvalue weighted by Crippen LogP contribution is 2.28. The summed E-state index contributed by atoms with van der Waals surface area (Å²) in [6.07, 6.45) is 0. The normalized spacial score (nSPS) is 16.0. The van der Waals surface area contributed by atoms with E-state index in [0.717, 1.165) is 51.6 Å². The van der Waals surface area contributed by atoms with Gasteiger partial charge < -0.3 is 15.0 Å². The third kappa shape index (κ3) is 4.48. The van der Waals surface area contributed by atoms with E-state index in [1.54, 1.807) is 7.11 Å². The van der Waals surface area contributed by atoms with E-state index < -0.39 is 0 Å². The van der Waals surface area contributed by atoms with Crippen molar-refractivity contribution in [3.05, 3.63) is 36.4 Å². The number of likely N-dealkylation sites (N-methyl/N-ethyl adjacent to an activating group) is 1. The summed E-state index contributed by atoms with van der Waals surface area (Å²) < 4.78 is 5.46. The molecule has 0 aromatic heterocycles. The quantitative estimate of drug-likeness (QED) is 0.777.